The summed E-state index contributed by atoms with van der Waals surface area (Å²) in [5.41, 5.74) is 1.15. The first-order chi connectivity index (χ1) is 11.2. The Labute approximate surface area is 151 Å². The lowest BCUT2D eigenvalue weighted by Crippen LogP contribution is -2.39. The molecule has 2 N–H and O–H groups in total. The minimum atomic E-state index is 0. The highest BCUT2D eigenvalue weighted by atomic mass is 35.5. The Kier molecular flexibility index (Phi) is 7.38. The molecule has 2 fully saturated rings. The van der Waals surface area contributed by atoms with Gasteiger partial charge in [0, 0.05) is 25.0 Å². The van der Waals surface area contributed by atoms with Gasteiger partial charge in [0.25, 0.3) is 0 Å². The topological polar surface area (TPSA) is 50.4 Å². The average Bonchev–Trinajstić information content (AvgIpc) is 2.87. The Balaban J connectivity index is 0.00000208. The Hall–Kier alpha value is -1.26. The van der Waals surface area contributed by atoms with Crippen LogP contribution in [0.3, 0.4) is 0 Å². The second kappa shape index (κ2) is 9.28. The first-order valence-electron chi connectivity index (χ1n) is 8.92. The third-order valence-electron chi connectivity index (χ3n) is 5.04. The number of amides is 1. The molecule has 2 aliphatic rings. The maximum atomic E-state index is 12.1. The van der Waals surface area contributed by atoms with Crippen LogP contribution in [0.15, 0.2) is 24.3 Å². The molecule has 3 rings (SSSR count). The molecule has 2 atom stereocenters. The van der Waals surface area contributed by atoms with E-state index in [0.717, 1.165) is 17.7 Å². The van der Waals surface area contributed by atoms with Crippen molar-refractivity contribution in [2.24, 2.45) is 5.92 Å². The number of hydrogen-bond donors (Lipinski definition) is 2. The van der Waals surface area contributed by atoms with Gasteiger partial charge in [0.2, 0.25) is 5.91 Å². The van der Waals surface area contributed by atoms with Crippen LogP contribution < -0.4 is 15.4 Å². The Morgan fingerprint density at radius 1 is 1.25 bits per heavy atom. The molecule has 1 aromatic carbocycles. The number of carbonyl (C=O) groups is 1. The number of aryl methyl sites for hydroxylation is 1. The van der Waals surface area contributed by atoms with Crippen molar-refractivity contribution >= 4 is 18.3 Å². The van der Waals surface area contributed by atoms with E-state index in [9.17, 15) is 4.79 Å². The summed E-state index contributed by atoms with van der Waals surface area (Å²) in [7, 11) is 0. The summed E-state index contributed by atoms with van der Waals surface area (Å²) < 4.78 is 5.75. The minimum Gasteiger partial charge on any atom is -0.493 e. The molecule has 0 spiro atoms. The van der Waals surface area contributed by atoms with Crippen LogP contribution in [0.1, 0.15) is 44.1 Å². The third kappa shape index (κ3) is 5.38. The average molecular weight is 353 g/mol. The van der Waals surface area contributed by atoms with Crippen molar-refractivity contribution in [2.75, 3.05) is 13.2 Å². The largest absolute Gasteiger partial charge is 0.493 e. The van der Waals surface area contributed by atoms with Crippen LogP contribution in [-0.2, 0) is 4.79 Å². The summed E-state index contributed by atoms with van der Waals surface area (Å²) in [6.45, 7) is 3.38. The third-order valence-corrected chi connectivity index (χ3v) is 5.04. The smallest absolute Gasteiger partial charge is 0.220 e. The van der Waals surface area contributed by atoms with Gasteiger partial charge in [-0.25, -0.2) is 0 Å². The molecule has 0 saturated carbocycles. The highest BCUT2D eigenvalue weighted by molar-refractivity contribution is 5.85. The summed E-state index contributed by atoms with van der Waals surface area (Å²) in [6.07, 6.45) is 6.45. The van der Waals surface area contributed by atoms with Crippen molar-refractivity contribution < 1.29 is 9.53 Å². The van der Waals surface area contributed by atoms with Crippen LogP contribution in [0, 0.1) is 12.8 Å². The van der Waals surface area contributed by atoms with Gasteiger partial charge in [0.1, 0.15) is 5.75 Å². The van der Waals surface area contributed by atoms with Gasteiger partial charge >= 0.3 is 0 Å². The summed E-state index contributed by atoms with van der Waals surface area (Å²) in [5, 5.41) is 6.67. The number of piperidine rings is 1. The van der Waals surface area contributed by atoms with Crippen LogP contribution in [0.2, 0.25) is 0 Å². The predicted molar refractivity (Wildman–Crippen MR) is 98.8 cm³/mol. The van der Waals surface area contributed by atoms with Crippen molar-refractivity contribution in [3.8, 4) is 5.75 Å². The minimum absolute atomic E-state index is 0. The molecular weight excluding hydrogens is 324 g/mol. The zero-order valence-electron chi connectivity index (χ0n) is 14.4. The molecule has 2 unspecified atom stereocenters. The van der Waals surface area contributed by atoms with Crippen LogP contribution in [0.5, 0.6) is 5.75 Å². The highest BCUT2D eigenvalue weighted by Gasteiger charge is 2.33. The molecular formula is C19H29ClN2O2. The van der Waals surface area contributed by atoms with Crippen LogP contribution in [0.4, 0.5) is 0 Å². The molecule has 2 bridgehead atoms. The zero-order valence-corrected chi connectivity index (χ0v) is 15.2. The monoisotopic (exact) mass is 352 g/mol. The number of halogens is 1. The zero-order chi connectivity index (χ0) is 16.1. The van der Waals surface area contributed by atoms with Crippen molar-refractivity contribution in [2.45, 2.75) is 57.5 Å². The maximum absolute atomic E-state index is 12.1. The number of benzene rings is 1. The molecule has 134 valence electrons. The van der Waals surface area contributed by atoms with Crippen LogP contribution in [0.25, 0.3) is 0 Å². The number of ether oxygens (including phenoxy) is 1. The standard InChI is InChI=1S/C19H28N2O2.ClH/c1-14-5-2-3-6-18(14)23-10-4-9-20-19(22)13-15-11-16-7-8-17(12-15)21-16;/h2-3,5-6,15-17,21H,4,7-13H2,1H3,(H,20,22);1H. The summed E-state index contributed by atoms with van der Waals surface area (Å²) >= 11 is 0. The van der Waals surface area contributed by atoms with Gasteiger partial charge in [0.05, 0.1) is 6.61 Å². The fraction of sp³-hybridized carbons (Fsp3) is 0.632. The van der Waals surface area contributed by atoms with E-state index in [4.69, 9.17) is 4.74 Å². The number of para-hydroxylation sites is 1. The lowest BCUT2D eigenvalue weighted by atomic mass is 9.89. The molecule has 4 nitrogen and oxygen atoms in total. The predicted octanol–water partition coefficient (Wildman–Crippen LogP) is 3.22. The van der Waals surface area contributed by atoms with E-state index in [2.05, 4.69) is 10.6 Å². The SMILES string of the molecule is Cc1ccccc1OCCCNC(=O)CC1CC2CCC(C1)N2.Cl. The number of rotatable bonds is 7. The first-order valence-corrected chi connectivity index (χ1v) is 8.92. The van der Waals surface area contributed by atoms with Gasteiger partial charge in [-0.15, -0.1) is 12.4 Å². The first kappa shape index (κ1) is 19.1. The molecule has 0 radical (unpaired) electrons. The molecule has 1 aromatic rings. The Morgan fingerprint density at radius 3 is 2.67 bits per heavy atom. The molecule has 24 heavy (non-hydrogen) atoms. The second-order valence-electron chi connectivity index (χ2n) is 7.00. The molecule has 2 heterocycles. The normalized spacial score (nSPS) is 25.0. The highest BCUT2D eigenvalue weighted by Crippen LogP contribution is 2.32. The number of nitrogens with one attached hydrogen (secondary N) is 2. The summed E-state index contributed by atoms with van der Waals surface area (Å²) in [6, 6.07) is 9.34. The van der Waals surface area contributed by atoms with Crippen molar-refractivity contribution in [1.82, 2.24) is 10.6 Å². The second-order valence-corrected chi connectivity index (χ2v) is 7.00. The maximum Gasteiger partial charge on any atom is 0.220 e. The fourth-order valence-corrected chi connectivity index (χ4v) is 3.88. The summed E-state index contributed by atoms with van der Waals surface area (Å²) in [5.74, 6) is 1.70. The molecule has 0 aromatic heterocycles. The van der Waals surface area contributed by atoms with Crippen molar-refractivity contribution in [1.29, 1.82) is 0 Å². The Morgan fingerprint density at radius 2 is 1.96 bits per heavy atom. The van der Waals surface area contributed by atoms with Gasteiger partial charge in [-0.2, -0.15) is 0 Å². The lowest BCUT2D eigenvalue weighted by molar-refractivity contribution is -0.122. The summed E-state index contributed by atoms with van der Waals surface area (Å²) in [4.78, 5) is 12.1. The quantitative estimate of drug-likeness (QED) is 0.741. The molecule has 1 amide bonds. The van der Waals surface area contributed by atoms with Gasteiger partial charge in [-0.1, -0.05) is 18.2 Å². The van der Waals surface area contributed by atoms with Crippen molar-refractivity contribution in [3.05, 3.63) is 29.8 Å². The van der Waals surface area contributed by atoms with E-state index in [1.54, 1.807) is 0 Å². The fourth-order valence-electron chi connectivity index (χ4n) is 3.88. The Bertz CT molecular complexity index is 526. The lowest BCUT2D eigenvalue weighted by Gasteiger charge is -2.28. The number of hydrogen-bond acceptors (Lipinski definition) is 3. The van der Waals surface area contributed by atoms with E-state index < -0.39 is 0 Å². The van der Waals surface area contributed by atoms with Gasteiger partial charge in [0.15, 0.2) is 0 Å². The molecule has 2 saturated heterocycles. The van der Waals surface area contributed by atoms with Gasteiger partial charge < -0.3 is 15.4 Å². The van der Waals surface area contributed by atoms with Gasteiger partial charge in [-0.05, 0) is 56.6 Å². The van der Waals surface area contributed by atoms with Crippen molar-refractivity contribution in [3.63, 3.8) is 0 Å². The molecule has 5 heteroatoms. The number of carbonyl (C=O) groups excluding carboxylic acids is 1. The molecule has 0 aliphatic carbocycles. The van der Waals surface area contributed by atoms with E-state index in [1.807, 2.05) is 31.2 Å². The van der Waals surface area contributed by atoms with E-state index in [0.29, 0.717) is 37.6 Å². The van der Waals surface area contributed by atoms with E-state index >= 15 is 0 Å². The molecule has 2 aliphatic heterocycles. The van der Waals surface area contributed by atoms with Crippen LogP contribution in [-0.4, -0.2) is 31.1 Å². The van der Waals surface area contributed by atoms with E-state index in [-0.39, 0.29) is 18.3 Å². The number of fused-ring (bicyclic) bond motifs is 2. The van der Waals surface area contributed by atoms with Gasteiger partial charge in [-0.3, -0.25) is 4.79 Å². The van der Waals surface area contributed by atoms with Crippen LogP contribution >= 0.6 is 12.4 Å². The van der Waals surface area contributed by atoms with E-state index in [1.165, 1.54) is 25.7 Å².